The molecule has 7 heteroatoms. The number of aryl methyl sites for hydroxylation is 1. The molecular weight excluding hydrogens is 354 g/mol. The predicted molar refractivity (Wildman–Crippen MR) is 112 cm³/mol. The van der Waals surface area contributed by atoms with Crippen LogP contribution in [-0.4, -0.2) is 33.2 Å². The third kappa shape index (κ3) is 4.03. The van der Waals surface area contributed by atoms with Crippen LogP contribution in [-0.2, 0) is 0 Å². The molecule has 1 saturated carbocycles. The molecule has 1 N–H and O–H groups in total. The molecule has 2 aromatic heterocycles. The van der Waals surface area contributed by atoms with Gasteiger partial charge in [0.1, 0.15) is 12.3 Å². The summed E-state index contributed by atoms with van der Waals surface area (Å²) in [5.74, 6) is 0.207. The van der Waals surface area contributed by atoms with E-state index in [0.29, 0.717) is 23.8 Å². The Labute approximate surface area is 164 Å². The summed E-state index contributed by atoms with van der Waals surface area (Å²) in [7, 11) is 0. The number of nitrogens with zero attached hydrogens (tertiary/aromatic N) is 4. The van der Waals surface area contributed by atoms with Crippen LogP contribution in [0.15, 0.2) is 28.1 Å². The van der Waals surface area contributed by atoms with E-state index in [4.69, 9.17) is 0 Å². The molecule has 0 saturated heterocycles. The van der Waals surface area contributed by atoms with Gasteiger partial charge in [-0.15, -0.1) is 0 Å². The third-order valence-corrected chi connectivity index (χ3v) is 5.14. The van der Waals surface area contributed by atoms with Crippen molar-refractivity contribution in [2.24, 2.45) is 4.99 Å². The van der Waals surface area contributed by atoms with E-state index < -0.39 is 0 Å². The van der Waals surface area contributed by atoms with E-state index in [1.807, 2.05) is 12.2 Å². The molecule has 1 fully saturated rings. The number of hydrogen-bond donors (Lipinski definition) is 1. The van der Waals surface area contributed by atoms with Crippen LogP contribution in [0.2, 0.25) is 0 Å². The molecule has 2 heterocycles. The Balaban J connectivity index is 2.03. The summed E-state index contributed by atoms with van der Waals surface area (Å²) in [6.07, 6.45) is 12.3. The van der Waals surface area contributed by atoms with E-state index in [-0.39, 0.29) is 22.9 Å². The van der Waals surface area contributed by atoms with Crippen molar-refractivity contribution < 1.29 is 4.79 Å². The summed E-state index contributed by atoms with van der Waals surface area (Å²) >= 11 is 0. The van der Waals surface area contributed by atoms with Gasteiger partial charge in [0, 0.05) is 23.8 Å². The Morgan fingerprint density at radius 1 is 1.39 bits per heavy atom. The topological polar surface area (TPSA) is 89.2 Å². The van der Waals surface area contributed by atoms with E-state index in [0.717, 1.165) is 37.5 Å². The van der Waals surface area contributed by atoms with Crippen LogP contribution < -0.4 is 10.9 Å². The number of fused-ring (bicyclic) bond motifs is 1. The number of Topliss-reactive ketones (excluding diaryl/α,β-unsaturated/α-hetero) is 1. The van der Waals surface area contributed by atoms with Crippen molar-refractivity contribution in [3.63, 3.8) is 0 Å². The van der Waals surface area contributed by atoms with Gasteiger partial charge in [0.25, 0.3) is 5.56 Å². The lowest BCUT2D eigenvalue weighted by Crippen LogP contribution is -2.30. The summed E-state index contributed by atoms with van der Waals surface area (Å²) in [6, 6.07) is 0.0775. The molecule has 0 radical (unpaired) electrons. The zero-order valence-corrected chi connectivity index (χ0v) is 16.7. The fourth-order valence-corrected chi connectivity index (χ4v) is 3.76. The largest absolute Gasteiger partial charge is 0.335 e. The van der Waals surface area contributed by atoms with Crippen LogP contribution >= 0.6 is 0 Å². The molecule has 3 rings (SSSR count). The average Bonchev–Trinajstić information content (AvgIpc) is 3.18. The second-order valence-electron chi connectivity index (χ2n) is 7.10. The standard InChI is InChI=1S/C21H27N5O2/c1-4-5-8-11-22-13-24-21-23-12-17-14(2)18(15(3)27)20(28)26(19(17)25-21)16-9-6-7-10-16/h5,8,11-12,16H,4,6-7,9-10,13H2,1-3H3,(H,23,24,25)/b8-5-,22-11?. The van der Waals surface area contributed by atoms with Crippen LogP contribution in [0.5, 0.6) is 0 Å². The van der Waals surface area contributed by atoms with Crippen LogP contribution in [0.1, 0.15) is 67.9 Å². The first-order valence-electron chi connectivity index (χ1n) is 9.86. The van der Waals surface area contributed by atoms with Crippen LogP contribution in [0.25, 0.3) is 11.0 Å². The zero-order valence-electron chi connectivity index (χ0n) is 16.7. The number of carbonyl (C=O) groups is 1. The van der Waals surface area contributed by atoms with Crippen molar-refractivity contribution in [3.05, 3.63) is 39.8 Å². The fourth-order valence-electron chi connectivity index (χ4n) is 3.76. The van der Waals surface area contributed by atoms with Crippen molar-refractivity contribution in [1.82, 2.24) is 14.5 Å². The highest BCUT2D eigenvalue weighted by Crippen LogP contribution is 2.31. The lowest BCUT2D eigenvalue weighted by molar-refractivity contribution is 0.101. The lowest BCUT2D eigenvalue weighted by atomic mass is 10.0. The van der Waals surface area contributed by atoms with Gasteiger partial charge in [0.05, 0.1) is 5.56 Å². The number of aliphatic imine (C=N–C) groups is 1. The first kappa shape index (κ1) is 19.9. The Bertz CT molecular complexity index is 984. The summed E-state index contributed by atoms with van der Waals surface area (Å²) in [6.45, 7) is 5.64. The molecule has 0 bridgehead atoms. The first-order chi connectivity index (χ1) is 13.5. The molecule has 0 aromatic carbocycles. The average molecular weight is 381 g/mol. The van der Waals surface area contributed by atoms with Gasteiger partial charge in [-0.3, -0.25) is 19.1 Å². The first-order valence-corrected chi connectivity index (χ1v) is 9.86. The maximum absolute atomic E-state index is 13.1. The zero-order chi connectivity index (χ0) is 20.1. The van der Waals surface area contributed by atoms with Crippen molar-refractivity contribution in [2.75, 3.05) is 12.0 Å². The number of nitrogens with one attached hydrogen (secondary N) is 1. The smallest absolute Gasteiger partial charge is 0.263 e. The molecule has 28 heavy (non-hydrogen) atoms. The predicted octanol–water partition coefficient (Wildman–Crippen LogP) is 3.82. The number of hydrogen-bond acceptors (Lipinski definition) is 6. The van der Waals surface area contributed by atoms with Gasteiger partial charge < -0.3 is 5.32 Å². The molecular formula is C21H27N5O2. The number of carbonyl (C=O) groups excluding carboxylic acids is 1. The summed E-state index contributed by atoms with van der Waals surface area (Å²) in [5.41, 5.74) is 1.25. The Morgan fingerprint density at radius 3 is 2.82 bits per heavy atom. The highest BCUT2D eigenvalue weighted by atomic mass is 16.1. The van der Waals surface area contributed by atoms with E-state index in [2.05, 4.69) is 27.2 Å². The van der Waals surface area contributed by atoms with Gasteiger partial charge in [-0.05, 0) is 44.7 Å². The van der Waals surface area contributed by atoms with E-state index >= 15 is 0 Å². The Morgan fingerprint density at radius 2 is 2.14 bits per heavy atom. The molecule has 0 aliphatic heterocycles. The minimum absolute atomic E-state index is 0.0775. The molecule has 0 spiro atoms. The van der Waals surface area contributed by atoms with Gasteiger partial charge in [-0.2, -0.15) is 4.98 Å². The van der Waals surface area contributed by atoms with E-state index in [1.165, 1.54) is 6.92 Å². The molecule has 0 unspecified atom stereocenters. The second kappa shape index (κ2) is 8.91. The van der Waals surface area contributed by atoms with Gasteiger partial charge >= 0.3 is 0 Å². The SMILES string of the molecule is CC/C=C\C=NCNc1ncc2c(C)c(C(C)=O)c(=O)n(C3CCCC3)c2n1. The van der Waals surface area contributed by atoms with Crippen LogP contribution in [0, 0.1) is 6.92 Å². The van der Waals surface area contributed by atoms with Crippen molar-refractivity contribution in [3.8, 4) is 0 Å². The number of allylic oxidation sites excluding steroid dienone is 2. The number of ketones is 1. The highest BCUT2D eigenvalue weighted by Gasteiger charge is 2.25. The fraction of sp³-hybridized carbons (Fsp3) is 0.476. The van der Waals surface area contributed by atoms with Crippen LogP contribution in [0.4, 0.5) is 5.95 Å². The van der Waals surface area contributed by atoms with Crippen molar-refractivity contribution in [2.45, 2.75) is 58.9 Å². The monoisotopic (exact) mass is 381 g/mol. The number of rotatable bonds is 7. The maximum atomic E-state index is 13.1. The molecule has 0 atom stereocenters. The third-order valence-electron chi connectivity index (χ3n) is 5.14. The number of anilines is 1. The van der Waals surface area contributed by atoms with Crippen molar-refractivity contribution in [1.29, 1.82) is 0 Å². The lowest BCUT2D eigenvalue weighted by Gasteiger charge is -2.19. The van der Waals surface area contributed by atoms with Crippen molar-refractivity contribution >= 4 is 29.0 Å². The molecule has 0 amide bonds. The summed E-state index contributed by atoms with van der Waals surface area (Å²) in [5, 5.41) is 3.82. The molecule has 2 aromatic rings. The minimum atomic E-state index is -0.239. The van der Waals surface area contributed by atoms with E-state index in [9.17, 15) is 9.59 Å². The normalized spacial score (nSPS) is 15.2. The van der Waals surface area contributed by atoms with E-state index in [1.54, 1.807) is 23.9 Å². The maximum Gasteiger partial charge on any atom is 0.263 e. The molecule has 148 valence electrons. The quantitative estimate of drug-likeness (QED) is 0.582. The summed E-state index contributed by atoms with van der Waals surface area (Å²) < 4.78 is 1.71. The van der Waals surface area contributed by atoms with Gasteiger partial charge in [0.15, 0.2) is 5.78 Å². The van der Waals surface area contributed by atoms with Crippen LogP contribution in [0.3, 0.4) is 0 Å². The second-order valence-corrected chi connectivity index (χ2v) is 7.10. The Kier molecular flexibility index (Phi) is 6.34. The summed E-state index contributed by atoms with van der Waals surface area (Å²) in [4.78, 5) is 38.5. The van der Waals surface area contributed by atoms with Gasteiger partial charge in [-0.25, -0.2) is 4.98 Å². The minimum Gasteiger partial charge on any atom is -0.335 e. The Hall–Kier alpha value is -2.83. The molecule has 7 nitrogen and oxygen atoms in total. The van der Waals surface area contributed by atoms with Gasteiger partial charge in [-0.1, -0.05) is 25.8 Å². The highest BCUT2D eigenvalue weighted by molar-refractivity contribution is 5.99. The molecule has 1 aliphatic rings. The molecule has 1 aliphatic carbocycles. The van der Waals surface area contributed by atoms with Gasteiger partial charge in [0.2, 0.25) is 5.95 Å². The number of pyridine rings is 1. The number of aromatic nitrogens is 3.